The Morgan fingerprint density at radius 3 is 2.48 bits per heavy atom. The molecule has 6 heteroatoms. The fourth-order valence-electron chi connectivity index (χ4n) is 1.54. The number of carbonyl (C=O) groups is 1. The Hall–Kier alpha value is -2.52. The summed E-state index contributed by atoms with van der Waals surface area (Å²) in [6.07, 6.45) is 1.43. The summed E-state index contributed by atoms with van der Waals surface area (Å²) in [6.45, 7) is 0.376. The van der Waals surface area contributed by atoms with Crippen molar-refractivity contribution in [3.05, 3.63) is 29.3 Å². The molecule has 1 aromatic rings. The predicted molar refractivity (Wildman–Crippen MR) is 76.0 cm³/mol. The van der Waals surface area contributed by atoms with Crippen LogP contribution in [0.2, 0.25) is 0 Å². The average Bonchev–Trinajstić information content (AvgIpc) is 2.52. The minimum Gasteiger partial charge on any atom is -0.493 e. The molecule has 0 aliphatic heterocycles. The van der Waals surface area contributed by atoms with Crippen LogP contribution >= 0.6 is 0 Å². The molecule has 0 bridgehead atoms. The summed E-state index contributed by atoms with van der Waals surface area (Å²) in [6, 6.07) is 6.88. The topological polar surface area (TPSA) is 77.8 Å². The zero-order chi connectivity index (χ0) is 15.7. The third kappa shape index (κ3) is 4.82. The van der Waals surface area contributed by atoms with Crippen molar-refractivity contribution in [3.8, 4) is 17.6 Å². The summed E-state index contributed by atoms with van der Waals surface area (Å²) in [7, 11) is 4.54. The molecule has 0 N–H and O–H groups in total. The van der Waals surface area contributed by atoms with Gasteiger partial charge in [0.1, 0.15) is 18.2 Å². The highest BCUT2D eigenvalue weighted by atomic mass is 16.6. The lowest BCUT2D eigenvalue weighted by molar-refractivity contribution is -0.139. The van der Waals surface area contributed by atoms with E-state index in [2.05, 4.69) is 0 Å². The van der Waals surface area contributed by atoms with E-state index in [9.17, 15) is 4.79 Å². The predicted octanol–water partition coefficient (Wildman–Crippen LogP) is 1.80. The van der Waals surface area contributed by atoms with E-state index in [1.165, 1.54) is 27.4 Å². The largest absolute Gasteiger partial charge is 0.493 e. The molecule has 0 spiro atoms. The van der Waals surface area contributed by atoms with Crippen LogP contribution in [0.15, 0.2) is 23.8 Å². The standard InChI is InChI=1S/C15H17NO5/c1-18-6-7-21-15(17)12(10-16)8-11-4-5-13(19-2)14(9-11)20-3/h4-5,8-9H,6-7H2,1-3H3. The zero-order valence-electron chi connectivity index (χ0n) is 12.2. The minimum atomic E-state index is -0.690. The van der Waals surface area contributed by atoms with E-state index in [1.54, 1.807) is 18.2 Å². The van der Waals surface area contributed by atoms with Crippen molar-refractivity contribution in [1.29, 1.82) is 5.26 Å². The first-order valence-electron chi connectivity index (χ1n) is 6.16. The van der Waals surface area contributed by atoms with Gasteiger partial charge in [0.25, 0.3) is 0 Å². The smallest absolute Gasteiger partial charge is 0.348 e. The van der Waals surface area contributed by atoms with Crippen molar-refractivity contribution >= 4 is 12.0 Å². The maximum atomic E-state index is 11.7. The molecular formula is C15H17NO5. The van der Waals surface area contributed by atoms with Gasteiger partial charge in [-0.2, -0.15) is 5.26 Å². The van der Waals surface area contributed by atoms with Gasteiger partial charge in [0.05, 0.1) is 20.8 Å². The van der Waals surface area contributed by atoms with Crippen LogP contribution < -0.4 is 9.47 Å². The third-order valence-corrected chi connectivity index (χ3v) is 2.58. The van der Waals surface area contributed by atoms with Gasteiger partial charge in [-0.3, -0.25) is 0 Å². The highest BCUT2D eigenvalue weighted by Crippen LogP contribution is 2.28. The number of esters is 1. The third-order valence-electron chi connectivity index (χ3n) is 2.58. The molecule has 0 heterocycles. The Morgan fingerprint density at radius 1 is 1.19 bits per heavy atom. The van der Waals surface area contributed by atoms with Crippen molar-refractivity contribution in [1.82, 2.24) is 0 Å². The highest BCUT2D eigenvalue weighted by Gasteiger charge is 2.11. The van der Waals surface area contributed by atoms with Gasteiger partial charge in [-0.1, -0.05) is 6.07 Å². The molecule has 21 heavy (non-hydrogen) atoms. The van der Waals surface area contributed by atoms with E-state index in [0.29, 0.717) is 17.1 Å². The number of rotatable bonds is 7. The van der Waals surface area contributed by atoms with Crippen LogP contribution in [0.4, 0.5) is 0 Å². The average molecular weight is 291 g/mol. The summed E-state index contributed by atoms with van der Waals surface area (Å²) in [5.74, 6) is 0.386. The molecule has 0 aliphatic rings. The van der Waals surface area contributed by atoms with Gasteiger partial charge in [0.15, 0.2) is 11.5 Å². The molecule has 0 radical (unpaired) electrons. The molecule has 0 amide bonds. The van der Waals surface area contributed by atoms with E-state index < -0.39 is 5.97 Å². The van der Waals surface area contributed by atoms with Crippen molar-refractivity contribution in [2.75, 3.05) is 34.5 Å². The number of hydrogen-bond donors (Lipinski definition) is 0. The number of hydrogen-bond acceptors (Lipinski definition) is 6. The fraction of sp³-hybridized carbons (Fsp3) is 0.333. The SMILES string of the molecule is COCCOC(=O)C(C#N)=Cc1ccc(OC)c(OC)c1. The lowest BCUT2D eigenvalue weighted by atomic mass is 10.1. The second kappa shape index (κ2) is 8.61. The van der Waals surface area contributed by atoms with Gasteiger partial charge in [-0.05, 0) is 23.8 Å². The highest BCUT2D eigenvalue weighted by molar-refractivity contribution is 5.97. The van der Waals surface area contributed by atoms with Gasteiger partial charge < -0.3 is 18.9 Å². The van der Waals surface area contributed by atoms with Crippen molar-refractivity contribution < 1.29 is 23.7 Å². The minimum absolute atomic E-state index is 0.0975. The van der Waals surface area contributed by atoms with Crippen LogP contribution in [0.3, 0.4) is 0 Å². The lowest BCUT2D eigenvalue weighted by Crippen LogP contribution is -2.11. The van der Waals surface area contributed by atoms with Crippen molar-refractivity contribution in [2.45, 2.75) is 0 Å². The quantitative estimate of drug-likeness (QED) is 0.330. The lowest BCUT2D eigenvalue weighted by Gasteiger charge is -2.08. The number of ether oxygens (including phenoxy) is 4. The van der Waals surface area contributed by atoms with Crippen LogP contribution in [0, 0.1) is 11.3 Å². The van der Waals surface area contributed by atoms with Crippen LogP contribution in [-0.4, -0.2) is 40.5 Å². The molecular weight excluding hydrogens is 274 g/mol. The van der Waals surface area contributed by atoms with E-state index >= 15 is 0 Å². The van der Waals surface area contributed by atoms with Gasteiger partial charge in [-0.25, -0.2) is 4.79 Å². The summed E-state index contributed by atoms with van der Waals surface area (Å²) >= 11 is 0. The molecule has 1 aromatic carbocycles. The molecule has 0 aromatic heterocycles. The van der Waals surface area contributed by atoms with Gasteiger partial charge in [-0.15, -0.1) is 0 Å². The Labute approximate surface area is 123 Å². The van der Waals surface area contributed by atoms with Crippen molar-refractivity contribution in [3.63, 3.8) is 0 Å². The summed E-state index contributed by atoms with van der Waals surface area (Å²) < 4.78 is 19.9. The Kier molecular flexibility index (Phi) is 6.78. The summed E-state index contributed by atoms with van der Waals surface area (Å²) in [5.41, 5.74) is 0.534. The molecule has 0 saturated carbocycles. The maximum absolute atomic E-state index is 11.7. The fourth-order valence-corrected chi connectivity index (χ4v) is 1.54. The first-order valence-corrected chi connectivity index (χ1v) is 6.16. The number of benzene rings is 1. The summed E-state index contributed by atoms with van der Waals surface area (Å²) in [5, 5.41) is 9.04. The molecule has 1 rings (SSSR count). The van der Waals surface area contributed by atoms with Crippen LogP contribution in [0.25, 0.3) is 6.08 Å². The molecule has 0 saturated heterocycles. The maximum Gasteiger partial charge on any atom is 0.348 e. The molecule has 0 unspecified atom stereocenters. The normalized spacial score (nSPS) is 10.7. The molecule has 0 fully saturated rings. The van der Waals surface area contributed by atoms with Crippen LogP contribution in [-0.2, 0) is 14.3 Å². The Bertz CT molecular complexity index is 560. The molecule has 0 atom stereocenters. The number of nitriles is 1. The Morgan fingerprint density at radius 2 is 1.90 bits per heavy atom. The first-order chi connectivity index (χ1) is 10.2. The second-order valence-electron chi connectivity index (χ2n) is 3.91. The Balaban J connectivity index is 2.93. The molecule has 6 nitrogen and oxygen atoms in total. The summed E-state index contributed by atoms with van der Waals surface area (Å²) in [4.78, 5) is 11.7. The number of nitrogens with zero attached hydrogens (tertiary/aromatic N) is 1. The monoisotopic (exact) mass is 291 g/mol. The van der Waals surface area contributed by atoms with Gasteiger partial charge >= 0.3 is 5.97 Å². The second-order valence-corrected chi connectivity index (χ2v) is 3.91. The van der Waals surface area contributed by atoms with Crippen LogP contribution in [0.5, 0.6) is 11.5 Å². The number of carbonyl (C=O) groups excluding carboxylic acids is 1. The van der Waals surface area contributed by atoms with E-state index in [-0.39, 0.29) is 18.8 Å². The molecule has 0 aliphatic carbocycles. The van der Waals surface area contributed by atoms with Crippen LogP contribution in [0.1, 0.15) is 5.56 Å². The van der Waals surface area contributed by atoms with E-state index in [0.717, 1.165) is 0 Å². The van der Waals surface area contributed by atoms with E-state index in [1.807, 2.05) is 6.07 Å². The van der Waals surface area contributed by atoms with Gasteiger partial charge in [0, 0.05) is 7.11 Å². The van der Waals surface area contributed by atoms with Gasteiger partial charge in [0.2, 0.25) is 0 Å². The van der Waals surface area contributed by atoms with Crippen molar-refractivity contribution in [2.24, 2.45) is 0 Å². The first kappa shape index (κ1) is 16.5. The van der Waals surface area contributed by atoms with E-state index in [4.69, 9.17) is 24.2 Å². The molecule has 112 valence electrons. The number of methoxy groups -OCH3 is 3. The zero-order valence-corrected chi connectivity index (χ0v) is 12.2.